The Hall–Kier alpha value is -4.51. The molecule has 3 aromatic carbocycles. The fourth-order valence-corrected chi connectivity index (χ4v) is 5.87. The summed E-state index contributed by atoms with van der Waals surface area (Å²) in [5, 5.41) is 0. The van der Waals surface area contributed by atoms with Crippen molar-refractivity contribution in [1.82, 2.24) is 19.1 Å². The lowest BCUT2D eigenvalue weighted by Gasteiger charge is -2.11. The molecule has 0 aliphatic carbocycles. The van der Waals surface area contributed by atoms with Gasteiger partial charge in [-0.15, -0.1) is 0 Å². The number of nitrogens with zero attached hydrogens (tertiary/aromatic N) is 3. The van der Waals surface area contributed by atoms with Crippen LogP contribution in [0, 0.1) is 5.82 Å². The lowest BCUT2D eigenvalue weighted by molar-refractivity contribution is 0.553. The second-order valence-electron chi connectivity index (χ2n) is 10.2. The van der Waals surface area contributed by atoms with Crippen molar-refractivity contribution in [3.05, 3.63) is 128 Å². The molecule has 2 aromatic heterocycles. The molecule has 0 radical (unpaired) electrons. The smallest absolute Gasteiger partial charge is 0.333 e. The van der Waals surface area contributed by atoms with Crippen molar-refractivity contribution in [2.24, 2.45) is 0 Å². The Balaban J connectivity index is 1.37. The van der Waals surface area contributed by atoms with Crippen molar-refractivity contribution >= 4 is 26.9 Å². The molecule has 0 spiro atoms. The van der Waals surface area contributed by atoms with Gasteiger partial charge < -0.3 is 4.98 Å². The molecule has 2 N–H and O–H groups in total. The highest BCUT2D eigenvalue weighted by Crippen LogP contribution is 2.16. The monoisotopic (exact) mass is 589 g/mol. The van der Waals surface area contributed by atoms with Gasteiger partial charge in [-0.2, -0.15) is 0 Å². The summed E-state index contributed by atoms with van der Waals surface area (Å²) in [5.74, 6) is -0.0471. The first-order chi connectivity index (χ1) is 20.2. The number of nitrogens with one attached hydrogen (secondary N) is 2. The number of halogens is 1. The highest BCUT2D eigenvalue weighted by Gasteiger charge is 2.19. The van der Waals surface area contributed by atoms with Gasteiger partial charge in [0.2, 0.25) is 10.0 Å². The molecule has 0 aliphatic rings. The van der Waals surface area contributed by atoms with Gasteiger partial charge in [-0.05, 0) is 42.2 Å². The summed E-state index contributed by atoms with van der Waals surface area (Å²) < 4.78 is 44.6. The van der Waals surface area contributed by atoms with Crippen LogP contribution < -0.4 is 16.0 Å². The van der Waals surface area contributed by atoms with Gasteiger partial charge in [0.15, 0.2) is 5.65 Å². The van der Waals surface area contributed by atoms with Crippen LogP contribution in [0.1, 0.15) is 42.3 Å². The van der Waals surface area contributed by atoms with Gasteiger partial charge >= 0.3 is 5.69 Å². The Morgan fingerprint density at radius 1 is 0.905 bits per heavy atom. The van der Waals surface area contributed by atoms with Gasteiger partial charge in [-0.25, -0.2) is 22.6 Å². The fourth-order valence-electron chi connectivity index (χ4n) is 4.76. The SMILES string of the molecule is CCCCn1c(=O)n(Cc2ccccc2F)c(=O)c2[nH]c(Cc3ccc(NS(=O)(=O)CCc4ccccc4)cc3)nc21. The van der Waals surface area contributed by atoms with Crippen LogP contribution in [0.4, 0.5) is 10.1 Å². The molecule has 5 aromatic rings. The zero-order chi connectivity index (χ0) is 29.7. The zero-order valence-electron chi connectivity index (χ0n) is 23.2. The molecular weight excluding hydrogens is 557 g/mol. The summed E-state index contributed by atoms with van der Waals surface area (Å²) in [6, 6.07) is 22.4. The predicted octanol–water partition coefficient (Wildman–Crippen LogP) is 4.45. The highest BCUT2D eigenvalue weighted by atomic mass is 32.2. The van der Waals surface area contributed by atoms with E-state index in [-0.39, 0.29) is 29.0 Å². The Labute approximate surface area is 242 Å². The van der Waals surface area contributed by atoms with E-state index in [0.717, 1.165) is 22.1 Å². The lowest BCUT2D eigenvalue weighted by Crippen LogP contribution is -2.40. The Bertz CT molecular complexity index is 1910. The number of benzene rings is 3. The summed E-state index contributed by atoms with van der Waals surface area (Å²) >= 11 is 0. The van der Waals surface area contributed by atoms with Gasteiger partial charge in [0.1, 0.15) is 17.2 Å². The van der Waals surface area contributed by atoms with Crippen LogP contribution in [0.2, 0.25) is 0 Å². The number of H-pyrrole nitrogens is 1. The van der Waals surface area contributed by atoms with E-state index >= 15 is 0 Å². The minimum Gasteiger partial charge on any atom is -0.336 e. The minimum absolute atomic E-state index is 0.0358. The zero-order valence-corrected chi connectivity index (χ0v) is 24.0. The van der Waals surface area contributed by atoms with Crippen molar-refractivity contribution in [2.75, 3.05) is 10.5 Å². The number of anilines is 1. The second kappa shape index (κ2) is 12.6. The second-order valence-corrected chi connectivity index (χ2v) is 12.0. The summed E-state index contributed by atoms with van der Waals surface area (Å²) in [6.45, 7) is 2.18. The average Bonchev–Trinajstić information content (AvgIpc) is 3.40. The number of imidazole rings is 1. The quantitative estimate of drug-likeness (QED) is 0.223. The standard InChI is InChI=1S/C31H32FN5O4S/c1-2-3-18-36-29-28(30(38)37(31(36)39)21-24-11-7-8-12-26(24)32)33-27(34-29)20-23-13-15-25(16-14-23)35-42(40,41)19-17-22-9-5-4-6-10-22/h4-16,35H,2-3,17-21H2,1H3,(H,33,34). The number of aryl methyl sites for hydroxylation is 2. The van der Waals surface area contributed by atoms with Gasteiger partial charge in [-0.3, -0.25) is 18.7 Å². The minimum atomic E-state index is -3.53. The largest absolute Gasteiger partial charge is 0.336 e. The fraction of sp³-hybridized carbons (Fsp3) is 0.258. The molecule has 42 heavy (non-hydrogen) atoms. The Morgan fingerprint density at radius 3 is 2.33 bits per heavy atom. The van der Waals surface area contributed by atoms with E-state index in [9.17, 15) is 22.4 Å². The molecule has 2 heterocycles. The summed E-state index contributed by atoms with van der Waals surface area (Å²) in [5.41, 5.74) is 1.81. The number of sulfonamides is 1. The molecule has 0 atom stereocenters. The Kier molecular flexibility index (Phi) is 8.67. The number of aromatic nitrogens is 4. The number of hydrogen-bond donors (Lipinski definition) is 2. The van der Waals surface area contributed by atoms with E-state index in [1.54, 1.807) is 42.5 Å². The molecule has 5 rings (SSSR count). The maximum absolute atomic E-state index is 14.3. The predicted molar refractivity (Wildman–Crippen MR) is 162 cm³/mol. The third-order valence-electron chi connectivity index (χ3n) is 7.03. The molecule has 218 valence electrons. The van der Waals surface area contributed by atoms with E-state index in [1.165, 1.54) is 10.6 Å². The molecule has 0 unspecified atom stereocenters. The molecule has 0 saturated carbocycles. The van der Waals surface area contributed by atoms with Gasteiger partial charge in [0.25, 0.3) is 5.56 Å². The molecular formula is C31H32FN5O4S. The molecule has 11 heteroatoms. The topological polar surface area (TPSA) is 119 Å². The molecule has 0 aliphatic heterocycles. The first-order valence-electron chi connectivity index (χ1n) is 13.8. The maximum Gasteiger partial charge on any atom is 0.333 e. The van der Waals surface area contributed by atoms with Crippen LogP contribution in [0.5, 0.6) is 0 Å². The number of rotatable bonds is 12. The highest BCUT2D eigenvalue weighted by molar-refractivity contribution is 7.92. The van der Waals surface area contributed by atoms with Crippen LogP contribution >= 0.6 is 0 Å². The van der Waals surface area contributed by atoms with Crippen molar-refractivity contribution in [1.29, 1.82) is 0 Å². The summed E-state index contributed by atoms with van der Waals surface area (Å²) in [6.07, 6.45) is 2.27. The number of hydrogen-bond acceptors (Lipinski definition) is 5. The Morgan fingerprint density at radius 2 is 1.62 bits per heavy atom. The van der Waals surface area contributed by atoms with Crippen molar-refractivity contribution in [3.63, 3.8) is 0 Å². The summed E-state index contributed by atoms with van der Waals surface area (Å²) in [4.78, 5) is 34.4. The molecule has 0 bridgehead atoms. The molecule has 0 amide bonds. The average molecular weight is 590 g/mol. The van der Waals surface area contributed by atoms with Crippen LogP contribution in [-0.2, 0) is 36.0 Å². The van der Waals surface area contributed by atoms with Crippen LogP contribution in [0.15, 0.2) is 88.5 Å². The number of unbranched alkanes of at least 4 members (excludes halogenated alkanes) is 1. The van der Waals surface area contributed by atoms with Crippen LogP contribution in [0.25, 0.3) is 11.2 Å². The van der Waals surface area contributed by atoms with Gasteiger partial charge in [0, 0.05) is 24.2 Å². The maximum atomic E-state index is 14.3. The number of aromatic amines is 1. The molecule has 0 saturated heterocycles. The van der Waals surface area contributed by atoms with E-state index in [1.807, 2.05) is 37.3 Å². The van der Waals surface area contributed by atoms with E-state index in [4.69, 9.17) is 0 Å². The van der Waals surface area contributed by atoms with Gasteiger partial charge in [0.05, 0.1) is 12.3 Å². The van der Waals surface area contributed by atoms with Gasteiger partial charge in [-0.1, -0.05) is 74.0 Å². The van der Waals surface area contributed by atoms with Crippen molar-refractivity contribution < 1.29 is 12.8 Å². The first-order valence-corrected chi connectivity index (χ1v) is 15.5. The van der Waals surface area contributed by atoms with E-state index in [0.29, 0.717) is 37.3 Å². The first kappa shape index (κ1) is 29.0. The molecule has 9 nitrogen and oxygen atoms in total. The lowest BCUT2D eigenvalue weighted by atomic mass is 10.1. The van der Waals surface area contributed by atoms with Crippen LogP contribution in [0.3, 0.4) is 0 Å². The van der Waals surface area contributed by atoms with Crippen molar-refractivity contribution in [3.8, 4) is 0 Å². The normalized spacial score (nSPS) is 11.7. The molecule has 0 fully saturated rings. The van der Waals surface area contributed by atoms with E-state index < -0.39 is 27.1 Å². The third-order valence-corrected chi connectivity index (χ3v) is 8.32. The van der Waals surface area contributed by atoms with Crippen LogP contribution in [-0.4, -0.2) is 33.3 Å². The number of fused-ring (bicyclic) bond motifs is 1. The summed E-state index contributed by atoms with van der Waals surface area (Å²) in [7, 11) is -3.53. The van der Waals surface area contributed by atoms with E-state index in [2.05, 4.69) is 14.7 Å². The third kappa shape index (κ3) is 6.68. The van der Waals surface area contributed by atoms with Crippen molar-refractivity contribution in [2.45, 2.75) is 45.7 Å².